The molecule has 1 aliphatic rings. The zero-order valence-electron chi connectivity index (χ0n) is 16.7. The van der Waals surface area contributed by atoms with Gasteiger partial charge in [-0.25, -0.2) is 14.8 Å². The average molecular weight is 401 g/mol. The zero-order chi connectivity index (χ0) is 20.9. The third kappa shape index (κ3) is 4.41. The van der Waals surface area contributed by atoms with E-state index in [1.165, 1.54) is 0 Å². The van der Waals surface area contributed by atoms with Crippen molar-refractivity contribution in [2.45, 2.75) is 31.7 Å². The van der Waals surface area contributed by atoms with E-state index in [1.807, 2.05) is 31.3 Å². The summed E-state index contributed by atoms with van der Waals surface area (Å²) in [6.45, 7) is 0. The molecule has 8 heteroatoms. The number of benzene rings is 1. The van der Waals surface area contributed by atoms with Gasteiger partial charge in [-0.3, -0.25) is 5.32 Å². The van der Waals surface area contributed by atoms with Gasteiger partial charge in [0.05, 0.1) is 5.39 Å². The number of pyridine rings is 1. The number of anilines is 4. The first kappa shape index (κ1) is 19.5. The molecular weight excluding hydrogens is 378 g/mol. The number of urea groups is 1. The van der Waals surface area contributed by atoms with Crippen LogP contribution in [0.1, 0.15) is 31.2 Å². The van der Waals surface area contributed by atoms with Crippen LogP contribution in [0.3, 0.4) is 0 Å². The summed E-state index contributed by atoms with van der Waals surface area (Å²) < 4.78 is 0. The summed E-state index contributed by atoms with van der Waals surface area (Å²) in [5, 5.41) is 12.6. The van der Waals surface area contributed by atoms with E-state index >= 15 is 0 Å². The van der Waals surface area contributed by atoms with Crippen molar-refractivity contribution in [1.29, 1.82) is 0 Å². The fourth-order valence-corrected chi connectivity index (χ4v) is 3.54. The summed E-state index contributed by atoms with van der Waals surface area (Å²) >= 11 is 0. The Kier molecular flexibility index (Phi) is 5.61. The fraction of sp³-hybridized carbons (Fsp3) is 0.273. The first-order valence-electron chi connectivity index (χ1n) is 9.91. The largest absolute Gasteiger partial charge is 0.388 e. The second kappa shape index (κ2) is 8.66. The number of rotatable bonds is 5. The fourth-order valence-electron chi connectivity index (χ4n) is 3.54. The zero-order valence-corrected chi connectivity index (χ0v) is 16.7. The normalized spacial score (nSPS) is 13.6. The molecule has 0 spiro atoms. The van der Waals surface area contributed by atoms with Crippen LogP contribution in [0.2, 0.25) is 0 Å². The number of terminal acetylenes is 1. The summed E-state index contributed by atoms with van der Waals surface area (Å²) in [4.78, 5) is 25.6. The van der Waals surface area contributed by atoms with Gasteiger partial charge in [0.2, 0.25) is 5.95 Å². The van der Waals surface area contributed by atoms with Crippen LogP contribution in [0.5, 0.6) is 0 Å². The number of fused-ring (bicyclic) bond motifs is 1. The summed E-state index contributed by atoms with van der Waals surface area (Å²) in [6.07, 6.45) is 11.6. The van der Waals surface area contributed by atoms with Crippen molar-refractivity contribution in [3.63, 3.8) is 0 Å². The highest BCUT2D eigenvalue weighted by atomic mass is 16.2. The Bertz CT molecular complexity index is 1120. The van der Waals surface area contributed by atoms with Gasteiger partial charge in [-0.05, 0) is 37.1 Å². The van der Waals surface area contributed by atoms with E-state index < -0.39 is 0 Å². The molecule has 30 heavy (non-hydrogen) atoms. The van der Waals surface area contributed by atoms with Gasteiger partial charge >= 0.3 is 6.03 Å². The van der Waals surface area contributed by atoms with Gasteiger partial charge in [-0.15, -0.1) is 6.42 Å². The number of amides is 2. The third-order valence-corrected chi connectivity index (χ3v) is 5.06. The Hall–Kier alpha value is -3.86. The van der Waals surface area contributed by atoms with Crippen LogP contribution in [0.25, 0.3) is 11.0 Å². The molecule has 3 aromatic rings. The van der Waals surface area contributed by atoms with Crippen LogP contribution in [0, 0.1) is 12.3 Å². The van der Waals surface area contributed by atoms with Crippen molar-refractivity contribution in [2.24, 2.45) is 0 Å². The Morgan fingerprint density at radius 2 is 1.97 bits per heavy atom. The molecular formula is C22H23N7O. The molecule has 0 saturated heterocycles. The van der Waals surface area contributed by atoms with Crippen LogP contribution in [0.4, 0.5) is 27.9 Å². The molecule has 4 rings (SSSR count). The molecule has 0 aliphatic heterocycles. The number of carbonyl (C=O) groups is 1. The predicted octanol–water partition coefficient (Wildman–Crippen LogP) is 3.86. The van der Waals surface area contributed by atoms with Gasteiger partial charge in [0.1, 0.15) is 5.82 Å². The van der Waals surface area contributed by atoms with E-state index in [1.54, 1.807) is 12.3 Å². The lowest BCUT2D eigenvalue weighted by Gasteiger charge is -2.13. The van der Waals surface area contributed by atoms with E-state index in [2.05, 4.69) is 42.1 Å². The van der Waals surface area contributed by atoms with Crippen LogP contribution in [-0.4, -0.2) is 34.1 Å². The predicted molar refractivity (Wildman–Crippen MR) is 119 cm³/mol. The second-order valence-corrected chi connectivity index (χ2v) is 7.17. The Morgan fingerprint density at radius 1 is 1.17 bits per heavy atom. The van der Waals surface area contributed by atoms with Gasteiger partial charge in [0.25, 0.3) is 0 Å². The first-order chi connectivity index (χ1) is 14.6. The molecule has 0 unspecified atom stereocenters. The molecule has 0 atom stereocenters. The minimum atomic E-state index is -0.284. The van der Waals surface area contributed by atoms with Gasteiger partial charge in [0, 0.05) is 36.2 Å². The number of hydrogen-bond donors (Lipinski definition) is 4. The van der Waals surface area contributed by atoms with Crippen LogP contribution < -0.4 is 21.3 Å². The lowest BCUT2D eigenvalue weighted by molar-refractivity contribution is 0.248. The lowest BCUT2D eigenvalue weighted by atomic mass is 10.2. The molecule has 2 amide bonds. The minimum Gasteiger partial charge on any atom is -0.388 e. The molecule has 2 aromatic heterocycles. The third-order valence-electron chi connectivity index (χ3n) is 5.06. The second-order valence-electron chi connectivity index (χ2n) is 7.17. The standard InChI is InChI=1S/C22H23N7O/c1-3-14-11-19(28-22(30)26-15-7-4-5-8-15)27-20-18(14)13-24-21(29-20)25-17-10-6-9-16(12-17)23-2/h1,6,9-13,15,23H,4-5,7-8H2,2H3,(H3,24,25,26,27,28,29,30). The van der Waals surface area contributed by atoms with Crippen molar-refractivity contribution in [3.05, 3.63) is 42.1 Å². The summed E-state index contributed by atoms with van der Waals surface area (Å²) in [5.74, 6) is 3.36. The van der Waals surface area contributed by atoms with E-state index in [4.69, 9.17) is 6.42 Å². The van der Waals surface area contributed by atoms with Crippen molar-refractivity contribution >= 4 is 40.2 Å². The topological polar surface area (TPSA) is 104 Å². The summed E-state index contributed by atoms with van der Waals surface area (Å²) in [7, 11) is 1.86. The number of carbonyl (C=O) groups excluding carboxylic acids is 1. The van der Waals surface area contributed by atoms with Crippen molar-refractivity contribution in [3.8, 4) is 12.3 Å². The van der Waals surface area contributed by atoms with Crippen LogP contribution in [0.15, 0.2) is 36.5 Å². The smallest absolute Gasteiger partial charge is 0.320 e. The van der Waals surface area contributed by atoms with E-state index in [0.717, 1.165) is 37.1 Å². The molecule has 4 N–H and O–H groups in total. The molecule has 1 fully saturated rings. The molecule has 0 bridgehead atoms. The van der Waals surface area contributed by atoms with Gasteiger partial charge in [-0.2, -0.15) is 4.98 Å². The summed E-state index contributed by atoms with van der Waals surface area (Å²) in [5.41, 5.74) is 2.78. The molecule has 1 saturated carbocycles. The summed E-state index contributed by atoms with van der Waals surface area (Å²) in [6, 6.07) is 9.33. The maximum absolute atomic E-state index is 12.3. The Morgan fingerprint density at radius 3 is 2.73 bits per heavy atom. The molecule has 1 aromatic carbocycles. The van der Waals surface area contributed by atoms with Gasteiger partial charge in [0.15, 0.2) is 5.65 Å². The quantitative estimate of drug-likeness (QED) is 0.484. The minimum absolute atomic E-state index is 0.212. The number of hydrogen-bond acceptors (Lipinski definition) is 6. The maximum Gasteiger partial charge on any atom is 0.320 e. The molecule has 1 aliphatic carbocycles. The first-order valence-corrected chi connectivity index (χ1v) is 9.91. The highest BCUT2D eigenvalue weighted by Crippen LogP contribution is 2.22. The lowest BCUT2D eigenvalue weighted by Crippen LogP contribution is -2.36. The van der Waals surface area contributed by atoms with E-state index in [9.17, 15) is 4.79 Å². The number of nitrogens with zero attached hydrogens (tertiary/aromatic N) is 3. The highest BCUT2D eigenvalue weighted by molar-refractivity contribution is 5.91. The van der Waals surface area contributed by atoms with Gasteiger partial charge in [-0.1, -0.05) is 24.8 Å². The Labute approximate surface area is 174 Å². The van der Waals surface area contributed by atoms with Gasteiger partial charge < -0.3 is 16.0 Å². The highest BCUT2D eigenvalue weighted by Gasteiger charge is 2.18. The van der Waals surface area contributed by atoms with Crippen LogP contribution >= 0.6 is 0 Å². The SMILES string of the molecule is C#Cc1cc(NC(=O)NC2CCCC2)nc2nc(Nc3cccc(NC)c3)ncc12. The van der Waals surface area contributed by atoms with E-state index in [-0.39, 0.29) is 12.1 Å². The molecule has 8 nitrogen and oxygen atoms in total. The van der Waals surface area contributed by atoms with E-state index in [0.29, 0.717) is 28.4 Å². The van der Waals surface area contributed by atoms with Crippen molar-refractivity contribution in [1.82, 2.24) is 20.3 Å². The maximum atomic E-state index is 12.3. The van der Waals surface area contributed by atoms with Crippen molar-refractivity contribution < 1.29 is 4.79 Å². The van der Waals surface area contributed by atoms with Crippen molar-refractivity contribution in [2.75, 3.05) is 23.0 Å². The average Bonchev–Trinajstić information content (AvgIpc) is 3.26. The number of nitrogens with one attached hydrogen (secondary N) is 4. The van der Waals surface area contributed by atoms with Crippen LogP contribution in [-0.2, 0) is 0 Å². The monoisotopic (exact) mass is 401 g/mol. The molecule has 2 heterocycles. The number of aromatic nitrogens is 3. The molecule has 0 radical (unpaired) electrons. The molecule has 152 valence electrons. The Balaban J connectivity index is 1.58.